The summed E-state index contributed by atoms with van der Waals surface area (Å²) in [5, 5.41) is 4.06. The number of benzene rings is 2. The van der Waals surface area contributed by atoms with Gasteiger partial charge in [0.25, 0.3) is 5.91 Å². The van der Waals surface area contributed by atoms with Gasteiger partial charge in [-0.1, -0.05) is 47.6 Å². The van der Waals surface area contributed by atoms with E-state index in [4.69, 9.17) is 9.26 Å². The number of methoxy groups -OCH3 is 1. The summed E-state index contributed by atoms with van der Waals surface area (Å²) in [6, 6.07) is 19.6. The van der Waals surface area contributed by atoms with Crippen molar-refractivity contribution in [3.05, 3.63) is 72.0 Å². The Morgan fingerprint density at radius 2 is 1.82 bits per heavy atom. The Morgan fingerprint density at radius 1 is 1.04 bits per heavy atom. The summed E-state index contributed by atoms with van der Waals surface area (Å²) in [6.45, 7) is 3.96. The number of ether oxygens (including phenoxy) is 1. The molecule has 1 aromatic heterocycles. The third kappa shape index (κ3) is 4.07. The smallest absolute Gasteiger partial charge is 0.292 e. The summed E-state index contributed by atoms with van der Waals surface area (Å²) in [5.41, 5.74) is 2.78. The first-order valence-corrected chi connectivity index (χ1v) is 9.39. The molecule has 0 bridgehead atoms. The van der Waals surface area contributed by atoms with E-state index in [-0.39, 0.29) is 11.7 Å². The average molecular weight is 377 g/mol. The third-order valence-corrected chi connectivity index (χ3v) is 4.99. The van der Waals surface area contributed by atoms with Crippen LogP contribution in [0.25, 0.3) is 11.3 Å². The summed E-state index contributed by atoms with van der Waals surface area (Å²) < 4.78 is 10.6. The second kappa shape index (κ2) is 8.27. The lowest BCUT2D eigenvalue weighted by Gasteiger charge is -2.34. The molecule has 2 aromatic carbocycles. The molecule has 0 spiro atoms. The minimum absolute atomic E-state index is 0.110. The molecule has 0 unspecified atom stereocenters. The average Bonchev–Trinajstić information content (AvgIpc) is 3.25. The molecule has 4 rings (SSSR count). The van der Waals surface area contributed by atoms with Gasteiger partial charge in [-0.2, -0.15) is 0 Å². The van der Waals surface area contributed by atoms with Gasteiger partial charge in [0, 0.05) is 44.4 Å². The largest absolute Gasteiger partial charge is 0.497 e. The summed E-state index contributed by atoms with van der Waals surface area (Å²) in [4.78, 5) is 17.0. The van der Waals surface area contributed by atoms with Crippen molar-refractivity contribution in [2.45, 2.75) is 6.54 Å². The van der Waals surface area contributed by atoms with Gasteiger partial charge < -0.3 is 14.2 Å². The van der Waals surface area contributed by atoms with Gasteiger partial charge in [-0.25, -0.2) is 0 Å². The van der Waals surface area contributed by atoms with Crippen molar-refractivity contribution in [2.75, 3.05) is 33.3 Å². The first kappa shape index (κ1) is 18.3. The number of hydrogen-bond donors (Lipinski definition) is 0. The molecule has 28 heavy (non-hydrogen) atoms. The van der Waals surface area contributed by atoms with E-state index < -0.39 is 0 Å². The lowest BCUT2D eigenvalue weighted by Crippen LogP contribution is -2.48. The highest BCUT2D eigenvalue weighted by molar-refractivity contribution is 5.92. The van der Waals surface area contributed by atoms with Crippen molar-refractivity contribution in [2.24, 2.45) is 0 Å². The summed E-state index contributed by atoms with van der Waals surface area (Å²) in [6.07, 6.45) is 0. The van der Waals surface area contributed by atoms with E-state index in [1.165, 1.54) is 5.56 Å². The lowest BCUT2D eigenvalue weighted by atomic mass is 10.1. The predicted molar refractivity (Wildman–Crippen MR) is 106 cm³/mol. The van der Waals surface area contributed by atoms with E-state index >= 15 is 0 Å². The number of aromatic nitrogens is 1. The normalized spacial score (nSPS) is 14.8. The first-order chi connectivity index (χ1) is 13.7. The number of carbonyl (C=O) groups is 1. The molecule has 1 fully saturated rings. The van der Waals surface area contributed by atoms with Crippen LogP contribution in [0.4, 0.5) is 0 Å². The van der Waals surface area contributed by atoms with Crippen LogP contribution in [0, 0.1) is 0 Å². The Kier molecular flexibility index (Phi) is 5.39. The van der Waals surface area contributed by atoms with E-state index in [9.17, 15) is 4.79 Å². The van der Waals surface area contributed by atoms with Gasteiger partial charge in [0.1, 0.15) is 11.4 Å². The molecule has 144 valence electrons. The summed E-state index contributed by atoms with van der Waals surface area (Å²) >= 11 is 0. The molecular formula is C22H23N3O3. The number of rotatable bonds is 5. The van der Waals surface area contributed by atoms with Crippen molar-refractivity contribution in [1.29, 1.82) is 0 Å². The number of piperazine rings is 1. The Morgan fingerprint density at radius 3 is 2.57 bits per heavy atom. The molecule has 0 atom stereocenters. The van der Waals surface area contributed by atoms with Crippen LogP contribution in [-0.2, 0) is 6.54 Å². The maximum absolute atomic E-state index is 12.8. The Labute approximate surface area is 164 Å². The van der Waals surface area contributed by atoms with Crippen LogP contribution in [0.2, 0.25) is 0 Å². The third-order valence-electron chi connectivity index (χ3n) is 4.99. The fraction of sp³-hybridized carbons (Fsp3) is 0.273. The van der Waals surface area contributed by atoms with E-state index in [0.29, 0.717) is 18.8 Å². The van der Waals surface area contributed by atoms with Crippen LogP contribution in [0.3, 0.4) is 0 Å². The summed E-state index contributed by atoms with van der Waals surface area (Å²) in [7, 11) is 1.62. The zero-order chi connectivity index (χ0) is 19.3. The van der Waals surface area contributed by atoms with Gasteiger partial charge in [-0.05, 0) is 17.7 Å². The van der Waals surface area contributed by atoms with Crippen LogP contribution < -0.4 is 4.74 Å². The lowest BCUT2D eigenvalue weighted by molar-refractivity contribution is 0.0589. The highest BCUT2D eigenvalue weighted by Crippen LogP contribution is 2.24. The molecule has 1 aliphatic heterocycles. The quantitative estimate of drug-likeness (QED) is 0.683. The van der Waals surface area contributed by atoms with Crippen LogP contribution in [0.5, 0.6) is 5.75 Å². The van der Waals surface area contributed by atoms with Crippen LogP contribution in [0.15, 0.2) is 65.2 Å². The van der Waals surface area contributed by atoms with Crippen molar-refractivity contribution in [3.8, 4) is 17.0 Å². The van der Waals surface area contributed by atoms with Crippen LogP contribution in [-0.4, -0.2) is 54.2 Å². The minimum Gasteiger partial charge on any atom is -0.497 e. The van der Waals surface area contributed by atoms with Gasteiger partial charge >= 0.3 is 0 Å². The number of hydrogen-bond acceptors (Lipinski definition) is 5. The molecular weight excluding hydrogens is 354 g/mol. The molecule has 0 N–H and O–H groups in total. The van der Waals surface area contributed by atoms with Gasteiger partial charge in [0.15, 0.2) is 0 Å². The zero-order valence-electron chi connectivity index (χ0n) is 15.9. The Bertz CT molecular complexity index is 931. The SMILES string of the molecule is COc1cccc(-c2cc(C(=O)N3CCN(Cc4ccccc4)CC3)on2)c1. The summed E-state index contributed by atoms with van der Waals surface area (Å²) in [5.74, 6) is 0.901. The number of carbonyl (C=O) groups excluding carboxylic acids is 1. The van der Waals surface area contributed by atoms with E-state index in [0.717, 1.165) is 30.9 Å². The molecule has 1 amide bonds. The predicted octanol–water partition coefficient (Wildman–Crippen LogP) is 3.31. The van der Waals surface area contributed by atoms with Crippen molar-refractivity contribution >= 4 is 5.91 Å². The van der Waals surface area contributed by atoms with Gasteiger partial charge in [0.2, 0.25) is 5.76 Å². The van der Waals surface area contributed by atoms with E-state index in [1.54, 1.807) is 13.2 Å². The molecule has 6 nitrogen and oxygen atoms in total. The molecule has 0 radical (unpaired) electrons. The zero-order valence-corrected chi connectivity index (χ0v) is 15.9. The first-order valence-electron chi connectivity index (χ1n) is 9.39. The minimum atomic E-state index is -0.110. The monoisotopic (exact) mass is 377 g/mol. The van der Waals surface area contributed by atoms with E-state index in [1.807, 2.05) is 35.2 Å². The fourth-order valence-electron chi connectivity index (χ4n) is 3.40. The molecule has 3 aromatic rings. The van der Waals surface area contributed by atoms with Crippen LogP contribution >= 0.6 is 0 Å². The number of nitrogens with zero attached hydrogens (tertiary/aromatic N) is 3. The molecule has 0 aliphatic carbocycles. The van der Waals surface area contributed by atoms with Gasteiger partial charge in [-0.3, -0.25) is 9.69 Å². The topological polar surface area (TPSA) is 58.8 Å². The Hall–Kier alpha value is -3.12. The maximum atomic E-state index is 12.8. The molecule has 2 heterocycles. The van der Waals surface area contributed by atoms with Crippen molar-refractivity contribution < 1.29 is 14.1 Å². The van der Waals surface area contributed by atoms with Crippen LogP contribution in [0.1, 0.15) is 16.1 Å². The van der Waals surface area contributed by atoms with Gasteiger partial charge in [-0.15, -0.1) is 0 Å². The van der Waals surface area contributed by atoms with Crippen molar-refractivity contribution in [3.63, 3.8) is 0 Å². The highest BCUT2D eigenvalue weighted by Gasteiger charge is 2.25. The maximum Gasteiger partial charge on any atom is 0.292 e. The fourth-order valence-corrected chi connectivity index (χ4v) is 3.40. The van der Waals surface area contributed by atoms with E-state index in [2.05, 4.69) is 34.3 Å². The highest BCUT2D eigenvalue weighted by atomic mass is 16.5. The number of amides is 1. The molecule has 0 saturated carbocycles. The molecule has 1 saturated heterocycles. The molecule has 6 heteroatoms. The Balaban J connectivity index is 1.37. The second-order valence-electron chi connectivity index (χ2n) is 6.86. The second-order valence-corrected chi connectivity index (χ2v) is 6.86. The standard InChI is InChI=1S/C22H23N3O3/c1-27-19-9-5-8-18(14-19)20-15-21(28-23-20)22(26)25-12-10-24(11-13-25)16-17-6-3-2-4-7-17/h2-9,14-15H,10-13,16H2,1H3. The van der Waals surface area contributed by atoms with Crippen molar-refractivity contribution in [1.82, 2.24) is 15.0 Å². The molecule has 1 aliphatic rings. The van der Waals surface area contributed by atoms with Gasteiger partial charge in [0.05, 0.1) is 7.11 Å².